The number of carboxylic acids is 1. The van der Waals surface area contributed by atoms with Gasteiger partial charge in [0.2, 0.25) is 0 Å². The average Bonchev–Trinajstić information content (AvgIpc) is 2.59. The van der Waals surface area contributed by atoms with Crippen LogP contribution in [0, 0.1) is 0 Å². The number of fused-ring (bicyclic) bond motifs is 1. The van der Waals surface area contributed by atoms with Gasteiger partial charge in [0.05, 0.1) is 0 Å². The zero-order valence-corrected chi connectivity index (χ0v) is 13.9. The fraction of sp³-hybridized carbons (Fsp3) is 0.211. The molecule has 1 atom stereocenters. The zero-order valence-electron chi connectivity index (χ0n) is 13.9. The third-order valence-corrected chi connectivity index (χ3v) is 3.63. The van der Waals surface area contributed by atoms with E-state index in [1.54, 1.807) is 6.08 Å². The fourth-order valence-corrected chi connectivity index (χ4v) is 2.37. The molecule has 130 valence electrons. The molecule has 0 bridgehead atoms. The van der Waals surface area contributed by atoms with E-state index in [-0.39, 0.29) is 5.96 Å². The van der Waals surface area contributed by atoms with Gasteiger partial charge in [-0.05, 0) is 41.3 Å². The number of benzene rings is 2. The summed E-state index contributed by atoms with van der Waals surface area (Å²) in [7, 11) is 0. The summed E-state index contributed by atoms with van der Waals surface area (Å²) >= 11 is 0. The lowest BCUT2D eigenvalue weighted by atomic mass is 10.1. The smallest absolute Gasteiger partial charge is 0.328 e. The Hall–Kier alpha value is -3.15. The minimum absolute atomic E-state index is 0.00805. The normalized spacial score (nSPS) is 12.6. The van der Waals surface area contributed by atoms with Crippen LogP contribution >= 0.6 is 0 Å². The Kier molecular flexibility index (Phi) is 6.71. The molecule has 0 aliphatic heterocycles. The lowest BCUT2D eigenvalue weighted by molar-refractivity contribution is -0.138. The SMILES string of the molecule is NC(N)=NCCC[C@H](N=C/C=C/c1ccc2ccccc2c1)C(=O)O. The molecule has 0 aliphatic carbocycles. The van der Waals surface area contributed by atoms with Crippen molar-refractivity contribution in [2.45, 2.75) is 18.9 Å². The highest BCUT2D eigenvalue weighted by atomic mass is 16.4. The van der Waals surface area contributed by atoms with Crippen molar-refractivity contribution in [3.05, 3.63) is 54.1 Å². The molecule has 0 heterocycles. The first-order valence-electron chi connectivity index (χ1n) is 8.03. The predicted octanol–water partition coefficient (Wildman–Crippen LogP) is 2.43. The Labute approximate surface area is 146 Å². The van der Waals surface area contributed by atoms with Crippen LogP contribution in [0.25, 0.3) is 16.8 Å². The van der Waals surface area contributed by atoms with Gasteiger partial charge in [-0.1, -0.05) is 42.5 Å². The summed E-state index contributed by atoms with van der Waals surface area (Å²) in [5.74, 6) is -0.950. The molecule has 25 heavy (non-hydrogen) atoms. The second kappa shape index (κ2) is 9.22. The number of rotatable bonds is 8. The van der Waals surface area contributed by atoms with E-state index in [4.69, 9.17) is 11.5 Å². The van der Waals surface area contributed by atoms with E-state index in [0.717, 1.165) is 10.9 Å². The first kappa shape index (κ1) is 18.2. The maximum absolute atomic E-state index is 11.2. The number of aliphatic carboxylic acids is 1. The van der Waals surface area contributed by atoms with E-state index in [9.17, 15) is 9.90 Å². The van der Waals surface area contributed by atoms with E-state index in [1.165, 1.54) is 11.6 Å². The van der Waals surface area contributed by atoms with Crippen molar-refractivity contribution in [3.63, 3.8) is 0 Å². The molecule has 0 fully saturated rings. The van der Waals surface area contributed by atoms with Gasteiger partial charge in [0, 0.05) is 12.8 Å². The highest BCUT2D eigenvalue weighted by Crippen LogP contribution is 2.16. The number of allylic oxidation sites excluding steroid dienone is 1. The first-order valence-corrected chi connectivity index (χ1v) is 8.03. The van der Waals surface area contributed by atoms with Gasteiger partial charge in [-0.2, -0.15) is 0 Å². The molecule has 0 radical (unpaired) electrons. The number of nitrogens with zero attached hydrogens (tertiary/aromatic N) is 2. The summed E-state index contributed by atoms with van der Waals surface area (Å²) in [4.78, 5) is 19.1. The van der Waals surface area contributed by atoms with E-state index >= 15 is 0 Å². The minimum Gasteiger partial charge on any atom is -0.480 e. The van der Waals surface area contributed by atoms with Crippen molar-refractivity contribution in [2.24, 2.45) is 21.5 Å². The molecule has 0 saturated heterocycles. The number of carbonyl (C=O) groups is 1. The van der Waals surface area contributed by atoms with Crippen LogP contribution in [0.3, 0.4) is 0 Å². The molecule has 0 amide bonds. The molecular formula is C19H22N4O2. The van der Waals surface area contributed by atoms with Gasteiger partial charge >= 0.3 is 5.97 Å². The summed E-state index contributed by atoms with van der Waals surface area (Å²) in [5.41, 5.74) is 11.5. The number of nitrogens with two attached hydrogens (primary N) is 2. The maximum Gasteiger partial charge on any atom is 0.328 e. The van der Waals surface area contributed by atoms with Crippen LogP contribution in [0.4, 0.5) is 0 Å². The monoisotopic (exact) mass is 338 g/mol. The summed E-state index contributed by atoms with van der Waals surface area (Å²) in [6, 6.07) is 13.5. The zero-order chi connectivity index (χ0) is 18.1. The van der Waals surface area contributed by atoms with Crippen LogP contribution in [-0.2, 0) is 4.79 Å². The topological polar surface area (TPSA) is 114 Å². The molecule has 0 unspecified atom stereocenters. The van der Waals surface area contributed by atoms with Crippen molar-refractivity contribution in [3.8, 4) is 0 Å². The van der Waals surface area contributed by atoms with Gasteiger partial charge in [-0.3, -0.25) is 9.98 Å². The second-order valence-electron chi connectivity index (χ2n) is 5.57. The van der Waals surface area contributed by atoms with Gasteiger partial charge in [0.25, 0.3) is 0 Å². The van der Waals surface area contributed by atoms with E-state index in [2.05, 4.69) is 34.3 Å². The lowest BCUT2D eigenvalue weighted by Gasteiger charge is -2.05. The van der Waals surface area contributed by atoms with Gasteiger partial charge in [0.15, 0.2) is 5.96 Å². The molecule has 0 aliphatic rings. The van der Waals surface area contributed by atoms with Crippen molar-refractivity contribution in [1.82, 2.24) is 0 Å². The predicted molar refractivity (Wildman–Crippen MR) is 103 cm³/mol. The quantitative estimate of drug-likeness (QED) is 0.389. The second-order valence-corrected chi connectivity index (χ2v) is 5.57. The summed E-state index contributed by atoms with van der Waals surface area (Å²) < 4.78 is 0. The maximum atomic E-state index is 11.2. The third kappa shape index (κ3) is 6.10. The number of guanidine groups is 1. The first-order chi connectivity index (χ1) is 12.1. The molecule has 6 nitrogen and oxygen atoms in total. The van der Waals surface area contributed by atoms with Crippen LogP contribution < -0.4 is 11.5 Å². The highest BCUT2D eigenvalue weighted by molar-refractivity contribution is 5.87. The van der Waals surface area contributed by atoms with E-state index in [0.29, 0.717) is 19.4 Å². The highest BCUT2D eigenvalue weighted by Gasteiger charge is 2.13. The van der Waals surface area contributed by atoms with Crippen LogP contribution in [0.5, 0.6) is 0 Å². The van der Waals surface area contributed by atoms with E-state index in [1.807, 2.05) is 24.3 Å². The summed E-state index contributed by atoms with van der Waals surface area (Å²) in [6.07, 6.45) is 6.10. The van der Waals surface area contributed by atoms with Crippen molar-refractivity contribution >= 4 is 35.0 Å². The van der Waals surface area contributed by atoms with Gasteiger partial charge in [0.1, 0.15) is 6.04 Å². The molecular weight excluding hydrogens is 316 g/mol. The standard InChI is InChI=1S/C19H22N4O2/c20-19(21)23-12-4-8-17(18(24)25)22-11-3-5-14-9-10-15-6-1-2-7-16(15)13-14/h1-3,5-7,9-11,13,17H,4,8,12H2,(H,24,25)(H4,20,21,23)/b5-3+,22-11?/t17-/m0/s1. The van der Waals surface area contributed by atoms with Crippen LogP contribution in [-0.4, -0.2) is 35.8 Å². The Bertz CT molecular complexity index is 808. The molecule has 0 saturated carbocycles. The summed E-state index contributed by atoms with van der Waals surface area (Å²) in [5, 5.41) is 11.5. The number of hydrogen-bond donors (Lipinski definition) is 3. The van der Waals surface area contributed by atoms with Crippen LogP contribution in [0.1, 0.15) is 18.4 Å². The molecule has 2 rings (SSSR count). The fourth-order valence-electron chi connectivity index (χ4n) is 2.37. The van der Waals surface area contributed by atoms with Crippen LogP contribution in [0.15, 0.2) is 58.5 Å². The summed E-state index contributed by atoms with van der Waals surface area (Å²) in [6.45, 7) is 0.397. The largest absolute Gasteiger partial charge is 0.480 e. The van der Waals surface area contributed by atoms with Crippen LogP contribution in [0.2, 0.25) is 0 Å². The lowest BCUT2D eigenvalue weighted by Crippen LogP contribution is -2.23. The van der Waals surface area contributed by atoms with E-state index < -0.39 is 12.0 Å². The van der Waals surface area contributed by atoms with Gasteiger partial charge < -0.3 is 16.6 Å². The van der Waals surface area contributed by atoms with Crippen molar-refractivity contribution in [1.29, 1.82) is 0 Å². The third-order valence-electron chi connectivity index (χ3n) is 3.63. The molecule has 6 heteroatoms. The number of aliphatic imine (C=N–C) groups is 2. The molecule has 2 aromatic carbocycles. The molecule has 5 N–H and O–H groups in total. The van der Waals surface area contributed by atoms with Gasteiger partial charge in [-0.15, -0.1) is 0 Å². The van der Waals surface area contributed by atoms with Gasteiger partial charge in [-0.25, -0.2) is 4.79 Å². The molecule has 2 aromatic rings. The number of hydrogen-bond acceptors (Lipinski definition) is 3. The Morgan fingerprint density at radius 2 is 1.92 bits per heavy atom. The molecule has 0 spiro atoms. The number of carboxylic acid groups (broad SMARTS) is 1. The molecule has 0 aromatic heterocycles. The average molecular weight is 338 g/mol. The Morgan fingerprint density at radius 1 is 1.16 bits per heavy atom. The Morgan fingerprint density at radius 3 is 2.64 bits per heavy atom. The minimum atomic E-state index is -0.958. The Balaban J connectivity index is 1.94. The van der Waals surface area contributed by atoms with Crippen molar-refractivity contribution in [2.75, 3.05) is 6.54 Å². The van der Waals surface area contributed by atoms with Crippen molar-refractivity contribution < 1.29 is 9.90 Å².